The average molecular weight is 277 g/mol. The number of aromatic nitrogens is 2. The normalized spacial score (nSPS) is 10.4. The number of hydrogen-bond donors (Lipinski definition) is 2. The highest BCUT2D eigenvalue weighted by Gasteiger charge is 2.12. The number of nitrogens with zero attached hydrogens (tertiary/aromatic N) is 1. The van der Waals surface area contributed by atoms with Crippen LogP contribution < -0.4 is 17.0 Å². The molecule has 0 aliphatic rings. The molecule has 0 aliphatic heterocycles. The molecule has 1 heterocycles. The van der Waals surface area contributed by atoms with E-state index in [9.17, 15) is 19.2 Å². The van der Waals surface area contributed by atoms with Crippen LogP contribution in [0.25, 0.3) is 10.9 Å². The van der Waals surface area contributed by atoms with Crippen LogP contribution in [0, 0.1) is 0 Å². The monoisotopic (exact) mass is 277 g/mol. The van der Waals surface area contributed by atoms with E-state index in [4.69, 9.17) is 5.73 Å². The number of nitrogens with one attached hydrogen (secondary N) is 1. The van der Waals surface area contributed by atoms with E-state index >= 15 is 0 Å². The first-order valence-corrected chi connectivity index (χ1v) is 5.65. The lowest BCUT2D eigenvalue weighted by molar-refractivity contribution is -0.148. The quantitative estimate of drug-likeness (QED) is 0.673. The molecule has 0 spiro atoms. The molecule has 0 bridgehead atoms. The zero-order chi connectivity index (χ0) is 14.7. The van der Waals surface area contributed by atoms with Crippen LogP contribution in [-0.4, -0.2) is 28.0 Å². The van der Waals surface area contributed by atoms with Crippen LogP contribution >= 0.6 is 0 Å². The molecular weight excluding hydrogens is 266 g/mol. The van der Waals surface area contributed by atoms with Gasteiger partial charge in [0.15, 0.2) is 6.61 Å². The fourth-order valence-corrected chi connectivity index (χ4v) is 1.67. The second-order valence-electron chi connectivity index (χ2n) is 3.99. The lowest BCUT2D eigenvalue weighted by atomic mass is 10.2. The van der Waals surface area contributed by atoms with Crippen LogP contribution in [0.1, 0.15) is 0 Å². The number of esters is 1. The largest absolute Gasteiger partial charge is 0.454 e. The summed E-state index contributed by atoms with van der Waals surface area (Å²) in [5, 5.41) is 0.273. The maximum absolute atomic E-state index is 12.1. The van der Waals surface area contributed by atoms with E-state index in [0.717, 1.165) is 0 Å². The molecule has 0 saturated heterocycles. The van der Waals surface area contributed by atoms with Crippen molar-refractivity contribution in [1.29, 1.82) is 0 Å². The molecular formula is C12H11N3O5. The van der Waals surface area contributed by atoms with Crippen LogP contribution in [-0.2, 0) is 20.9 Å². The van der Waals surface area contributed by atoms with E-state index in [-0.39, 0.29) is 5.39 Å². The number of aromatic amines is 1. The van der Waals surface area contributed by atoms with Crippen LogP contribution in [0.5, 0.6) is 0 Å². The number of benzene rings is 1. The van der Waals surface area contributed by atoms with Gasteiger partial charge < -0.3 is 15.5 Å². The van der Waals surface area contributed by atoms with Gasteiger partial charge in [-0.3, -0.25) is 14.4 Å². The van der Waals surface area contributed by atoms with Gasteiger partial charge in [0.25, 0.3) is 11.5 Å². The first kappa shape index (κ1) is 13.5. The Morgan fingerprint density at radius 2 is 1.95 bits per heavy atom. The van der Waals surface area contributed by atoms with E-state index in [1.807, 2.05) is 0 Å². The fourth-order valence-electron chi connectivity index (χ4n) is 1.67. The molecule has 2 rings (SSSR count). The number of carbonyl (C=O) groups is 2. The van der Waals surface area contributed by atoms with Crippen molar-refractivity contribution in [2.75, 3.05) is 6.61 Å². The Labute approximate surface area is 111 Å². The van der Waals surface area contributed by atoms with Gasteiger partial charge in [-0.2, -0.15) is 0 Å². The first-order valence-electron chi connectivity index (χ1n) is 5.65. The van der Waals surface area contributed by atoms with Crippen LogP contribution in [0.2, 0.25) is 0 Å². The highest BCUT2D eigenvalue weighted by molar-refractivity contribution is 5.79. The summed E-state index contributed by atoms with van der Waals surface area (Å²) >= 11 is 0. The van der Waals surface area contributed by atoms with Crippen molar-refractivity contribution < 1.29 is 14.3 Å². The predicted molar refractivity (Wildman–Crippen MR) is 69.0 cm³/mol. The second-order valence-corrected chi connectivity index (χ2v) is 3.99. The molecule has 0 aliphatic carbocycles. The van der Waals surface area contributed by atoms with Crippen molar-refractivity contribution in [3.63, 3.8) is 0 Å². The number of rotatable bonds is 4. The molecule has 0 unspecified atom stereocenters. The number of hydrogen-bond acceptors (Lipinski definition) is 5. The number of fused-ring (bicyclic) bond motifs is 1. The van der Waals surface area contributed by atoms with Gasteiger partial charge in [0.1, 0.15) is 6.54 Å². The van der Waals surface area contributed by atoms with Crippen molar-refractivity contribution in [3.05, 3.63) is 45.1 Å². The number of ether oxygens (including phenoxy) is 1. The number of carbonyl (C=O) groups excluding carboxylic acids is 2. The third-order valence-corrected chi connectivity index (χ3v) is 2.55. The molecule has 2 aromatic rings. The molecule has 1 amide bonds. The summed E-state index contributed by atoms with van der Waals surface area (Å²) in [6, 6.07) is 6.41. The number of H-pyrrole nitrogens is 1. The minimum Gasteiger partial charge on any atom is -0.454 e. The van der Waals surface area contributed by atoms with Crippen molar-refractivity contribution in [2.24, 2.45) is 5.73 Å². The molecule has 0 atom stereocenters. The average Bonchev–Trinajstić information content (AvgIpc) is 2.41. The maximum Gasteiger partial charge on any atom is 0.329 e. The number of para-hydroxylation sites is 1. The van der Waals surface area contributed by atoms with Crippen molar-refractivity contribution in [1.82, 2.24) is 9.55 Å². The van der Waals surface area contributed by atoms with Crippen molar-refractivity contribution in [3.8, 4) is 0 Å². The van der Waals surface area contributed by atoms with E-state index in [1.54, 1.807) is 18.2 Å². The molecule has 3 N–H and O–H groups in total. The van der Waals surface area contributed by atoms with Gasteiger partial charge in [-0.15, -0.1) is 0 Å². The van der Waals surface area contributed by atoms with Gasteiger partial charge in [0.2, 0.25) is 0 Å². The van der Waals surface area contributed by atoms with E-state index in [2.05, 4.69) is 9.72 Å². The zero-order valence-electron chi connectivity index (χ0n) is 10.3. The van der Waals surface area contributed by atoms with Gasteiger partial charge in [-0.25, -0.2) is 9.36 Å². The van der Waals surface area contributed by atoms with Gasteiger partial charge in [-0.1, -0.05) is 12.1 Å². The molecule has 20 heavy (non-hydrogen) atoms. The molecule has 104 valence electrons. The van der Waals surface area contributed by atoms with Gasteiger partial charge in [0.05, 0.1) is 10.9 Å². The Hall–Kier alpha value is -2.90. The van der Waals surface area contributed by atoms with Crippen LogP contribution in [0.15, 0.2) is 33.9 Å². The second kappa shape index (κ2) is 5.39. The summed E-state index contributed by atoms with van der Waals surface area (Å²) < 4.78 is 5.20. The number of nitrogens with two attached hydrogens (primary N) is 1. The molecule has 8 heteroatoms. The summed E-state index contributed by atoms with van der Waals surface area (Å²) in [4.78, 5) is 48.2. The minimum absolute atomic E-state index is 0.273. The van der Waals surface area contributed by atoms with E-state index in [0.29, 0.717) is 10.1 Å². The van der Waals surface area contributed by atoms with Gasteiger partial charge >= 0.3 is 11.7 Å². The molecule has 1 aromatic heterocycles. The number of primary amides is 1. The lowest BCUT2D eigenvalue weighted by Crippen LogP contribution is -2.38. The van der Waals surface area contributed by atoms with E-state index < -0.39 is 36.3 Å². The van der Waals surface area contributed by atoms with Gasteiger partial charge in [-0.05, 0) is 12.1 Å². The first-order chi connectivity index (χ1) is 9.49. The Morgan fingerprint density at radius 3 is 2.65 bits per heavy atom. The third kappa shape index (κ3) is 2.74. The Bertz CT molecular complexity index is 790. The molecule has 0 saturated carbocycles. The maximum atomic E-state index is 12.1. The predicted octanol–water partition coefficient (Wildman–Crippen LogP) is -1.28. The lowest BCUT2D eigenvalue weighted by Gasteiger charge is -2.06. The minimum atomic E-state index is -0.897. The summed E-state index contributed by atoms with van der Waals surface area (Å²) in [5.74, 6) is -1.72. The zero-order valence-corrected chi connectivity index (χ0v) is 10.3. The van der Waals surface area contributed by atoms with Crippen LogP contribution in [0.3, 0.4) is 0 Å². The summed E-state index contributed by atoms with van der Waals surface area (Å²) in [6.07, 6.45) is 0. The van der Waals surface area contributed by atoms with Crippen molar-refractivity contribution in [2.45, 2.75) is 6.54 Å². The molecule has 1 aromatic carbocycles. The summed E-state index contributed by atoms with van der Waals surface area (Å²) in [5.41, 5.74) is 3.85. The van der Waals surface area contributed by atoms with Gasteiger partial charge in [0, 0.05) is 0 Å². The molecule has 8 nitrogen and oxygen atoms in total. The molecule has 0 radical (unpaired) electrons. The van der Waals surface area contributed by atoms with Crippen LogP contribution in [0.4, 0.5) is 0 Å². The third-order valence-electron chi connectivity index (χ3n) is 2.55. The summed E-state index contributed by atoms with van der Waals surface area (Å²) in [6.45, 7) is -1.19. The smallest absolute Gasteiger partial charge is 0.329 e. The SMILES string of the molecule is NC(=O)COC(=O)Cn1c(=O)[nH]c2ccccc2c1=O. The Kier molecular flexibility index (Phi) is 3.65. The highest BCUT2D eigenvalue weighted by Crippen LogP contribution is 2.02. The Morgan fingerprint density at radius 1 is 1.25 bits per heavy atom. The number of amides is 1. The van der Waals surface area contributed by atoms with Crippen molar-refractivity contribution >= 4 is 22.8 Å². The van der Waals surface area contributed by atoms with E-state index in [1.165, 1.54) is 6.07 Å². The summed E-state index contributed by atoms with van der Waals surface area (Å²) in [7, 11) is 0. The molecule has 0 fully saturated rings. The highest BCUT2D eigenvalue weighted by atomic mass is 16.5. The fraction of sp³-hybridized carbons (Fsp3) is 0.167. The Balaban J connectivity index is 2.35. The topological polar surface area (TPSA) is 124 Å². The standard InChI is InChI=1S/C12H11N3O5/c13-9(16)6-20-10(17)5-15-11(18)7-3-1-2-4-8(7)14-12(15)19/h1-4H,5-6H2,(H2,13,16)(H,14,19).